The number of fused-ring (bicyclic) bond motifs is 1. The van der Waals surface area contributed by atoms with Crippen molar-refractivity contribution in [1.82, 2.24) is 4.90 Å². The second-order valence-corrected chi connectivity index (χ2v) is 7.16. The van der Waals surface area contributed by atoms with Crippen LogP contribution in [0.4, 0.5) is 11.4 Å². The van der Waals surface area contributed by atoms with E-state index in [1.165, 1.54) is 16.7 Å². The lowest BCUT2D eigenvalue weighted by atomic mass is 10.0. The van der Waals surface area contributed by atoms with Gasteiger partial charge in [-0.25, -0.2) is 0 Å². The summed E-state index contributed by atoms with van der Waals surface area (Å²) in [7, 11) is 1.84. The molecule has 0 radical (unpaired) electrons. The minimum absolute atomic E-state index is 0.105. The van der Waals surface area contributed by atoms with Crippen LogP contribution in [0, 0.1) is 0 Å². The van der Waals surface area contributed by atoms with E-state index in [1.807, 2.05) is 43.4 Å². The van der Waals surface area contributed by atoms with Crippen LogP contribution in [0.15, 0.2) is 78.9 Å². The van der Waals surface area contributed by atoms with Gasteiger partial charge in [0.05, 0.1) is 6.54 Å². The lowest BCUT2D eigenvalue weighted by molar-refractivity contribution is -0.119. The molecule has 1 aliphatic rings. The van der Waals surface area contributed by atoms with E-state index in [4.69, 9.17) is 0 Å². The first kappa shape index (κ1) is 18.3. The summed E-state index contributed by atoms with van der Waals surface area (Å²) in [5.74, 6) is 0.105. The number of para-hydroxylation sites is 1. The highest BCUT2D eigenvalue weighted by Crippen LogP contribution is 2.27. The molecule has 4 heteroatoms. The van der Waals surface area contributed by atoms with Crippen LogP contribution in [0.25, 0.3) is 11.1 Å². The number of amides is 1. The Hall–Kier alpha value is -3.11. The SMILES string of the molecule is CN(C(=O)CN1CCNc2ccc(-c3ccccc3)cc2C1)c1ccccc1. The fraction of sp³-hybridized carbons (Fsp3) is 0.208. The highest BCUT2D eigenvalue weighted by molar-refractivity contribution is 5.94. The van der Waals surface area contributed by atoms with E-state index < -0.39 is 0 Å². The maximum absolute atomic E-state index is 12.8. The molecular formula is C24H25N3O. The number of anilines is 2. The Labute approximate surface area is 166 Å². The molecule has 4 nitrogen and oxygen atoms in total. The third-order valence-corrected chi connectivity index (χ3v) is 5.23. The highest BCUT2D eigenvalue weighted by Gasteiger charge is 2.19. The van der Waals surface area contributed by atoms with Gasteiger partial charge in [0.2, 0.25) is 5.91 Å². The summed E-state index contributed by atoms with van der Waals surface area (Å²) in [6.45, 7) is 2.84. The van der Waals surface area contributed by atoms with Gasteiger partial charge in [0.25, 0.3) is 0 Å². The maximum Gasteiger partial charge on any atom is 0.240 e. The topological polar surface area (TPSA) is 35.6 Å². The first-order chi connectivity index (χ1) is 13.7. The number of nitrogens with zero attached hydrogens (tertiary/aromatic N) is 2. The van der Waals surface area contributed by atoms with Crippen molar-refractivity contribution in [2.45, 2.75) is 6.54 Å². The number of nitrogens with one attached hydrogen (secondary N) is 1. The molecule has 28 heavy (non-hydrogen) atoms. The Morgan fingerprint density at radius 3 is 2.43 bits per heavy atom. The monoisotopic (exact) mass is 371 g/mol. The molecule has 1 aliphatic heterocycles. The summed E-state index contributed by atoms with van der Waals surface area (Å²) in [4.78, 5) is 16.7. The van der Waals surface area contributed by atoms with E-state index in [9.17, 15) is 4.79 Å². The smallest absolute Gasteiger partial charge is 0.240 e. The predicted molar refractivity (Wildman–Crippen MR) is 115 cm³/mol. The Bertz CT molecular complexity index is 941. The summed E-state index contributed by atoms with van der Waals surface area (Å²) in [5.41, 5.74) is 5.73. The molecule has 1 N–H and O–H groups in total. The summed E-state index contributed by atoms with van der Waals surface area (Å²) in [6, 6.07) is 26.7. The highest BCUT2D eigenvalue weighted by atomic mass is 16.2. The standard InChI is InChI=1S/C24H25N3O/c1-26(22-10-6-3-7-11-22)24(28)18-27-15-14-25-23-13-12-20(16-21(23)17-27)19-8-4-2-5-9-19/h2-13,16,25H,14-15,17-18H2,1H3. The zero-order valence-electron chi connectivity index (χ0n) is 16.1. The number of rotatable bonds is 4. The van der Waals surface area contributed by atoms with Gasteiger partial charge in [0.1, 0.15) is 0 Å². The van der Waals surface area contributed by atoms with E-state index >= 15 is 0 Å². The van der Waals surface area contributed by atoms with Crippen LogP contribution in [0.3, 0.4) is 0 Å². The van der Waals surface area contributed by atoms with Crippen molar-refractivity contribution in [2.24, 2.45) is 0 Å². The van der Waals surface area contributed by atoms with Gasteiger partial charge < -0.3 is 10.2 Å². The summed E-state index contributed by atoms with van der Waals surface area (Å²) >= 11 is 0. The third kappa shape index (κ3) is 4.07. The third-order valence-electron chi connectivity index (χ3n) is 5.23. The van der Waals surface area contributed by atoms with Gasteiger partial charge >= 0.3 is 0 Å². The Morgan fingerprint density at radius 2 is 1.68 bits per heavy atom. The fourth-order valence-electron chi connectivity index (χ4n) is 3.60. The van der Waals surface area contributed by atoms with E-state index in [0.717, 1.165) is 31.0 Å². The average molecular weight is 371 g/mol. The second-order valence-electron chi connectivity index (χ2n) is 7.16. The van der Waals surface area contributed by atoms with Crippen molar-refractivity contribution >= 4 is 17.3 Å². The first-order valence-corrected chi connectivity index (χ1v) is 9.67. The van der Waals surface area contributed by atoms with Crippen LogP contribution in [0.2, 0.25) is 0 Å². The van der Waals surface area contributed by atoms with Crippen molar-refractivity contribution in [3.63, 3.8) is 0 Å². The number of hydrogen-bond acceptors (Lipinski definition) is 3. The van der Waals surface area contributed by atoms with Gasteiger partial charge in [-0.1, -0.05) is 54.6 Å². The summed E-state index contributed by atoms with van der Waals surface area (Å²) in [6.07, 6.45) is 0. The molecule has 4 rings (SSSR count). The molecule has 0 atom stereocenters. The Kier molecular flexibility index (Phi) is 5.40. The Balaban J connectivity index is 1.50. The van der Waals surface area contributed by atoms with Crippen LogP contribution in [0.5, 0.6) is 0 Å². The van der Waals surface area contributed by atoms with Gasteiger partial charge in [-0.05, 0) is 41.0 Å². The van der Waals surface area contributed by atoms with Gasteiger partial charge in [-0.3, -0.25) is 9.69 Å². The largest absolute Gasteiger partial charge is 0.383 e. The first-order valence-electron chi connectivity index (χ1n) is 9.67. The quantitative estimate of drug-likeness (QED) is 0.745. The van der Waals surface area contributed by atoms with Crippen LogP contribution < -0.4 is 10.2 Å². The van der Waals surface area contributed by atoms with Crippen LogP contribution in [0.1, 0.15) is 5.56 Å². The molecule has 1 amide bonds. The maximum atomic E-state index is 12.8. The van der Waals surface area contributed by atoms with Crippen LogP contribution >= 0.6 is 0 Å². The lowest BCUT2D eigenvalue weighted by Gasteiger charge is -2.24. The molecule has 1 heterocycles. The average Bonchev–Trinajstić information content (AvgIpc) is 2.95. The molecule has 3 aromatic rings. The number of benzene rings is 3. The zero-order valence-corrected chi connectivity index (χ0v) is 16.1. The number of carbonyl (C=O) groups excluding carboxylic acids is 1. The van der Waals surface area contributed by atoms with Crippen LogP contribution in [-0.4, -0.2) is 37.5 Å². The molecule has 0 bridgehead atoms. The van der Waals surface area contributed by atoms with Crippen molar-refractivity contribution in [3.8, 4) is 11.1 Å². The zero-order chi connectivity index (χ0) is 19.3. The molecule has 0 saturated carbocycles. The number of hydrogen-bond donors (Lipinski definition) is 1. The lowest BCUT2D eigenvalue weighted by Crippen LogP contribution is -2.39. The summed E-state index contributed by atoms with van der Waals surface area (Å²) < 4.78 is 0. The van der Waals surface area contributed by atoms with E-state index in [-0.39, 0.29) is 5.91 Å². The molecule has 0 fully saturated rings. The van der Waals surface area contributed by atoms with Crippen LogP contribution in [-0.2, 0) is 11.3 Å². The fourth-order valence-corrected chi connectivity index (χ4v) is 3.60. The molecule has 3 aromatic carbocycles. The van der Waals surface area contributed by atoms with E-state index in [0.29, 0.717) is 6.54 Å². The Morgan fingerprint density at radius 1 is 0.964 bits per heavy atom. The number of likely N-dealkylation sites (N-methyl/N-ethyl adjacent to an activating group) is 1. The minimum Gasteiger partial charge on any atom is -0.383 e. The van der Waals surface area contributed by atoms with Crippen molar-refractivity contribution in [2.75, 3.05) is 36.9 Å². The second kappa shape index (κ2) is 8.28. The van der Waals surface area contributed by atoms with E-state index in [2.05, 4.69) is 52.7 Å². The normalized spacial score (nSPS) is 13.9. The molecule has 0 saturated heterocycles. The molecular weight excluding hydrogens is 346 g/mol. The molecule has 0 unspecified atom stereocenters. The van der Waals surface area contributed by atoms with Crippen molar-refractivity contribution in [1.29, 1.82) is 0 Å². The van der Waals surface area contributed by atoms with Gasteiger partial charge in [-0.15, -0.1) is 0 Å². The van der Waals surface area contributed by atoms with Crippen molar-refractivity contribution in [3.05, 3.63) is 84.4 Å². The molecule has 0 spiro atoms. The predicted octanol–water partition coefficient (Wildman–Crippen LogP) is 4.24. The van der Waals surface area contributed by atoms with Gasteiger partial charge in [0.15, 0.2) is 0 Å². The number of carbonyl (C=O) groups is 1. The molecule has 142 valence electrons. The van der Waals surface area contributed by atoms with Gasteiger partial charge in [-0.2, -0.15) is 0 Å². The molecule has 0 aromatic heterocycles. The molecule has 0 aliphatic carbocycles. The summed E-state index contributed by atoms with van der Waals surface area (Å²) in [5, 5.41) is 3.50. The van der Waals surface area contributed by atoms with E-state index in [1.54, 1.807) is 4.90 Å². The minimum atomic E-state index is 0.105. The van der Waals surface area contributed by atoms with Crippen molar-refractivity contribution < 1.29 is 4.79 Å². The van der Waals surface area contributed by atoms with Gasteiger partial charge in [0, 0.05) is 38.1 Å².